The third kappa shape index (κ3) is 5.21. The number of halogens is 1. The van der Waals surface area contributed by atoms with Crippen molar-refractivity contribution in [3.05, 3.63) is 34.9 Å². The van der Waals surface area contributed by atoms with Crippen molar-refractivity contribution in [2.24, 2.45) is 17.3 Å². The molecule has 2 aliphatic heterocycles. The first-order valence-corrected chi connectivity index (χ1v) is 13.3. The van der Waals surface area contributed by atoms with Gasteiger partial charge in [-0.2, -0.15) is 0 Å². The van der Waals surface area contributed by atoms with Crippen molar-refractivity contribution in [2.45, 2.75) is 77.0 Å². The van der Waals surface area contributed by atoms with E-state index in [0.717, 1.165) is 5.56 Å². The Morgan fingerprint density at radius 3 is 2.43 bits per heavy atom. The molecule has 3 aliphatic rings. The first-order chi connectivity index (χ1) is 17.3. The highest BCUT2D eigenvalue weighted by molar-refractivity contribution is 6.30. The number of nitrogens with one attached hydrogen (secondary N) is 3. The summed E-state index contributed by atoms with van der Waals surface area (Å²) in [7, 11) is 0. The van der Waals surface area contributed by atoms with Crippen LogP contribution < -0.4 is 16.0 Å². The fourth-order valence-corrected chi connectivity index (χ4v) is 6.27. The highest BCUT2D eigenvalue weighted by Crippen LogP contribution is 2.46. The van der Waals surface area contributed by atoms with Crippen molar-refractivity contribution in [3.8, 4) is 0 Å². The van der Waals surface area contributed by atoms with Gasteiger partial charge >= 0.3 is 6.03 Å². The third-order valence-electron chi connectivity index (χ3n) is 8.44. The number of imide groups is 1. The van der Waals surface area contributed by atoms with Gasteiger partial charge in [0, 0.05) is 29.9 Å². The molecule has 1 aromatic carbocycles. The van der Waals surface area contributed by atoms with E-state index in [-0.39, 0.29) is 36.0 Å². The van der Waals surface area contributed by atoms with Crippen LogP contribution in [0.15, 0.2) is 24.3 Å². The van der Waals surface area contributed by atoms with E-state index >= 15 is 0 Å². The molecule has 0 aromatic heterocycles. The number of hydrogen-bond acceptors (Lipinski definition) is 5. The number of piperidine rings is 1. The van der Waals surface area contributed by atoms with Gasteiger partial charge in [-0.15, -0.1) is 0 Å². The predicted octanol–water partition coefficient (Wildman–Crippen LogP) is 2.70. The van der Waals surface area contributed by atoms with Crippen LogP contribution in [0.25, 0.3) is 0 Å². The maximum absolute atomic E-state index is 13.6. The minimum atomic E-state index is -1.12. The third-order valence-corrected chi connectivity index (χ3v) is 8.69. The second-order valence-electron chi connectivity index (χ2n) is 11.9. The van der Waals surface area contributed by atoms with Crippen molar-refractivity contribution < 1.29 is 24.3 Å². The Hall–Kier alpha value is -2.65. The molecular weight excluding hydrogens is 496 g/mol. The maximum atomic E-state index is 13.6. The Kier molecular flexibility index (Phi) is 7.33. The molecule has 5 amide bonds. The Balaban J connectivity index is 1.39. The number of carbonyl (C=O) groups excluding carboxylic acids is 4. The molecule has 2 heterocycles. The van der Waals surface area contributed by atoms with Gasteiger partial charge in [0.25, 0.3) is 5.91 Å². The van der Waals surface area contributed by atoms with Gasteiger partial charge in [0.2, 0.25) is 11.8 Å². The lowest BCUT2D eigenvalue weighted by atomic mass is 9.66. The average Bonchev–Trinajstić information content (AvgIpc) is 3.34. The predicted molar refractivity (Wildman–Crippen MR) is 138 cm³/mol. The van der Waals surface area contributed by atoms with E-state index in [4.69, 9.17) is 11.6 Å². The molecule has 4 atom stereocenters. The van der Waals surface area contributed by atoms with Gasteiger partial charge in [-0.25, -0.2) is 4.79 Å². The fraction of sp³-hybridized carbons (Fsp3) is 0.630. The lowest BCUT2D eigenvalue weighted by Crippen LogP contribution is -2.60. The number of hydrogen-bond donors (Lipinski definition) is 4. The highest BCUT2D eigenvalue weighted by Gasteiger charge is 2.52. The minimum Gasteiger partial charge on any atom is -0.384 e. The standard InChI is InChI=1S/C27H37ClN4O5/c1-16(2)21(29-20(33)13-17-9-10-26(14-17)23(35)30-24(36)31-26)22(34)32-12-11-27(37,25(3,4)15-32)18-5-7-19(28)8-6-18/h5-8,16-17,21,37H,9-15H2,1-4H3,(H,29,33)(H2,30,31,35,36)/t17-,21+,26?,27-/m0/s1. The number of carbonyl (C=O) groups is 4. The fourth-order valence-electron chi connectivity index (χ4n) is 6.15. The largest absolute Gasteiger partial charge is 0.384 e. The van der Waals surface area contributed by atoms with Gasteiger partial charge in [-0.1, -0.05) is 51.4 Å². The SMILES string of the molecule is CC(C)[C@@H](NC(=O)C[C@@H]1CCC2(C1)NC(=O)NC2=O)C(=O)N1CC[C@](O)(c2ccc(Cl)cc2)C(C)(C)C1. The molecule has 202 valence electrons. The smallest absolute Gasteiger partial charge is 0.322 e. The van der Waals surface area contributed by atoms with Crippen LogP contribution >= 0.6 is 11.6 Å². The summed E-state index contributed by atoms with van der Waals surface area (Å²) in [5, 5.41) is 20.2. The molecule has 1 aliphatic carbocycles. The minimum absolute atomic E-state index is 0.0598. The Bertz CT molecular complexity index is 1090. The van der Waals surface area contributed by atoms with Gasteiger partial charge in [-0.3, -0.25) is 19.7 Å². The van der Waals surface area contributed by atoms with E-state index in [1.54, 1.807) is 17.0 Å². The zero-order valence-corrected chi connectivity index (χ0v) is 22.7. The van der Waals surface area contributed by atoms with Gasteiger partial charge in [-0.05, 0) is 55.2 Å². The molecule has 2 saturated heterocycles. The molecule has 1 aromatic rings. The number of amides is 5. The number of nitrogens with zero attached hydrogens (tertiary/aromatic N) is 1. The van der Waals surface area contributed by atoms with Crippen LogP contribution in [0, 0.1) is 17.3 Å². The molecule has 3 fully saturated rings. The monoisotopic (exact) mass is 532 g/mol. The van der Waals surface area contributed by atoms with Gasteiger partial charge in [0.05, 0.1) is 5.60 Å². The molecule has 0 radical (unpaired) electrons. The molecule has 1 unspecified atom stereocenters. The van der Waals surface area contributed by atoms with Crippen molar-refractivity contribution in [1.82, 2.24) is 20.9 Å². The van der Waals surface area contributed by atoms with E-state index in [1.807, 2.05) is 39.8 Å². The van der Waals surface area contributed by atoms with Crippen LogP contribution in [-0.2, 0) is 20.0 Å². The molecule has 9 nitrogen and oxygen atoms in total. The summed E-state index contributed by atoms with van der Waals surface area (Å²) in [6.45, 7) is 8.37. The Labute approximate surface area is 222 Å². The molecule has 1 spiro atoms. The van der Waals surface area contributed by atoms with Crippen molar-refractivity contribution >= 4 is 35.4 Å². The van der Waals surface area contributed by atoms with E-state index in [2.05, 4.69) is 16.0 Å². The molecule has 1 saturated carbocycles. The number of urea groups is 1. The zero-order valence-electron chi connectivity index (χ0n) is 21.9. The Morgan fingerprint density at radius 2 is 1.86 bits per heavy atom. The normalized spacial score (nSPS) is 29.8. The van der Waals surface area contributed by atoms with E-state index in [1.165, 1.54) is 0 Å². The second-order valence-corrected chi connectivity index (χ2v) is 12.3. The molecule has 37 heavy (non-hydrogen) atoms. The number of rotatable bonds is 6. The quantitative estimate of drug-likeness (QED) is 0.419. The summed E-state index contributed by atoms with van der Waals surface area (Å²) in [5.74, 6) is -0.934. The first-order valence-electron chi connectivity index (χ1n) is 13.0. The number of benzene rings is 1. The highest BCUT2D eigenvalue weighted by atomic mass is 35.5. The van der Waals surface area contributed by atoms with E-state index in [0.29, 0.717) is 43.8 Å². The molecule has 0 bridgehead atoms. The van der Waals surface area contributed by atoms with Gasteiger partial charge in [0.15, 0.2) is 0 Å². The Morgan fingerprint density at radius 1 is 1.19 bits per heavy atom. The summed E-state index contributed by atoms with van der Waals surface area (Å²) in [4.78, 5) is 52.1. The molecule has 10 heteroatoms. The van der Waals surface area contributed by atoms with Crippen molar-refractivity contribution in [3.63, 3.8) is 0 Å². The summed E-state index contributed by atoms with van der Waals surface area (Å²) in [6, 6.07) is 5.97. The molecular formula is C27H37ClN4O5. The van der Waals surface area contributed by atoms with E-state index < -0.39 is 28.6 Å². The average molecular weight is 533 g/mol. The zero-order chi connectivity index (χ0) is 27.2. The van der Waals surface area contributed by atoms with Crippen molar-refractivity contribution in [1.29, 1.82) is 0 Å². The van der Waals surface area contributed by atoms with Crippen LogP contribution in [0.2, 0.25) is 5.02 Å². The second kappa shape index (κ2) is 9.91. The van der Waals surface area contributed by atoms with Gasteiger partial charge in [0.1, 0.15) is 11.6 Å². The number of aliphatic hydroxyl groups is 1. The summed E-state index contributed by atoms with van der Waals surface area (Å²) in [6.07, 6.45) is 2.09. The lowest BCUT2D eigenvalue weighted by molar-refractivity contribution is -0.156. The first kappa shape index (κ1) is 27.4. The van der Waals surface area contributed by atoms with Crippen molar-refractivity contribution in [2.75, 3.05) is 13.1 Å². The molecule has 4 N–H and O–H groups in total. The number of likely N-dealkylation sites (tertiary alicyclic amines) is 1. The summed E-state index contributed by atoms with van der Waals surface area (Å²) in [5.41, 5.74) is -1.91. The van der Waals surface area contributed by atoms with Gasteiger partial charge < -0.3 is 20.6 Å². The molecule has 4 rings (SSSR count). The van der Waals surface area contributed by atoms with E-state index in [9.17, 15) is 24.3 Å². The summed E-state index contributed by atoms with van der Waals surface area (Å²) < 4.78 is 0. The summed E-state index contributed by atoms with van der Waals surface area (Å²) >= 11 is 6.03. The van der Waals surface area contributed by atoms with Crippen LogP contribution in [0.3, 0.4) is 0 Å². The van der Waals surface area contributed by atoms with Crippen LogP contribution in [-0.4, -0.2) is 58.4 Å². The topological polar surface area (TPSA) is 128 Å². The lowest BCUT2D eigenvalue weighted by Gasteiger charge is -2.51. The maximum Gasteiger partial charge on any atom is 0.322 e. The van der Waals surface area contributed by atoms with Crippen LogP contribution in [0.1, 0.15) is 65.4 Å². The van der Waals surface area contributed by atoms with Crippen LogP contribution in [0.4, 0.5) is 4.79 Å². The van der Waals surface area contributed by atoms with Crippen LogP contribution in [0.5, 0.6) is 0 Å².